The van der Waals surface area contributed by atoms with Gasteiger partial charge in [0.25, 0.3) is 5.56 Å². The van der Waals surface area contributed by atoms with E-state index in [0.29, 0.717) is 37.5 Å². The maximum atomic E-state index is 12.0. The first-order chi connectivity index (χ1) is 10.1. The Morgan fingerprint density at radius 1 is 1.43 bits per heavy atom. The number of hydrogen-bond donors (Lipinski definition) is 0. The lowest BCUT2D eigenvalue weighted by molar-refractivity contribution is -0.143. The van der Waals surface area contributed by atoms with Crippen LogP contribution in [-0.2, 0) is 16.1 Å². The van der Waals surface area contributed by atoms with Crippen molar-refractivity contribution in [2.45, 2.75) is 19.9 Å². The Bertz CT molecular complexity index is 681. The highest BCUT2D eigenvalue weighted by Crippen LogP contribution is 2.02. The number of ether oxygens (including phenoxy) is 1. The van der Waals surface area contributed by atoms with Crippen molar-refractivity contribution < 1.29 is 9.53 Å². The minimum Gasteiger partial charge on any atom is -0.466 e. The molecule has 2 heterocycles. The third-order valence-electron chi connectivity index (χ3n) is 3.06. The van der Waals surface area contributed by atoms with Gasteiger partial charge in [0.2, 0.25) is 0 Å². The molecule has 2 aromatic heterocycles. The van der Waals surface area contributed by atoms with E-state index in [0.717, 1.165) is 0 Å². The van der Waals surface area contributed by atoms with E-state index in [1.165, 1.54) is 10.5 Å². The third-order valence-corrected chi connectivity index (χ3v) is 3.06. The van der Waals surface area contributed by atoms with Crippen molar-refractivity contribution in [3.05, 3.63) is 46.5 Å². The van der Waals surface area contributed by atoms with Crippen LogP contribution in [0.2, 0.25) is 0 Å². The Hall–Kier alpha value is -2.21. The number of nitrogens with zero attached hydrogens (tertiary/aromatic N) is 3. The molecule has 0 unspecified atom stereocenters. The Kier molecular flexibility index (Phi) is 5.05. The summed E-state index contributed by atoms with van der Waals surface area (Å²) in [4.78, 5) is 29.7. The van der Waals surface area contributed by atoms with Crippen molar-refractivity contribution in [3.63, 3.8) is 0 Å². The normalized spacial score (nSPS) is 11.0. The molecule has 0 aliphatic carbocycles. The first kappa shape index (κ1) is 15.2. The molecule has 0 aromatic carbocycles. The van der Waals surface area contributed by atoms with Crippen molar-refractivity contribution in [3.8, 4) is 0 Å². The minimum atomic E-state index is -0.212. The molecule has 6 heteroatoms. The molecule has 0 saturated carbocycles. The molecular weight excluding hydrogens is 270 g/mol. The quantitative estimate of drug-likeness (QED) is 0.745. The summed E-state index contributed by atoms with van der Waals surface area (Å²) in [5, 5.41) is 0. The van der Waals surface area contributed by atoms with Crippen LogP contribution in [0.4, 0.5) is 0 Å². The van der Waals surface area contributed by atoms with Gasteiger partial charge >= 0.3 is 5.97 Å². The van der Waals surface area contributed by atoms with E-state index in [4.69, 9.17) is 4.74 Å². The molecule has 0 saturated heterocycles. The number of esters is 1. The average Bonchev–Trinajstić information content (AvgIpc) is 2.45. The van der Waals surface area contributed by atoms with Crippen molar-refractivity contribution in [1.82, 2.24) is 14.3 Å². The molecule has 0 spiro atoms. The lowest BCUT2D eigenvalue weighted by atomic mass is 10.3. The first-order valence-corrected chi connectivity index (χ1v) is 6.91. The maximum Gasteiger partial charge on any atom is 0.307 e. The second-order valence-corrected chi connectivity index (χ2v) is 4.81. The van der Waals surface area contributed by atoms with Crippen LogP contribution in [-0.4, -0.2) is 40.5 Å². The SMILES string of the molecule is CCOC(=O)CCN(C)Cc1cc(=O)n2ccccc2n1. The van der Waals surface area contributed by atoms with Crippen LogP contribution in [0.3, 0.4) is 0 Å². The molecular formula is C15H19N3O3. The molecule has 2 rings (SSSR count). The topological polar surface area (TPSA) is 63.9 Å². The fourth-order valence-electron chi connectivity index (χ4n) is 2.05. The predicted molar refractivity (Wildman–Crippen MR) is 79.0 cm³/mol. The molecule has 112 valence electrons. The average molecular weight is 289 g/mol. The molecule has 21 heavy (non-hydrogen) atoms. The summed E-state index contributed by atoms with van der Waals surface area (Å²) in [5.74, 6) is -0.212. The minimum absolute atomic E-state index is 0.102. The van der Waals surface area contributed by atoms with Gasteiger partial charge < -0.3 is 4.74 Å². The van der Waals surface area contributed by atoms with Crippen LogP contribution < -0.4 is 5.56 Å². The number of hydrogen-bond acceptors (Lipinski definition) is 5. The molecule has 0 amide bonds. The van der Waals surface area contributed by atoms with Crippen molar-refractivity contribution in [1.29, 1.82) is 0 Å². The fraction of sp³-hybridized carbons (Fsp3) is 0.400. The van der Waals surface area contributed by atoms with Crippen molar-refractivity contribution in [2.24, 2.45) is 0 Å². The molecule has 0 atom stereocenters. The van der Waals surface area contributed by atoms with E-state index >= 15 is 0 Å². The van der Waals surface area contributed by atoms with Gasteiger partial charge in [0.05, 0.1) is 18.7 Å². The largest absolute Gasteiger partial charge is 0.466 e. The Morgan fingerprint density at radius 3 is 3.00 bits per heavy atom. The number of carbonyl (C=O) groups excluding carboxylic acids is 1. The summed E-state index contributed by atoms with van der Waals surface area (Å²) in [6, 6.07) is 6.95. The van der Waals surface area contributed by atoms with Gasteiger partial charge in [-0.25, -0.2) is 4.98 Å². The summed E-state index contributed by atoms with van der Waals surface area (Å²) in [6.45, 7) is 3.26. The second kappa shape index (κ2) is 6.99. The molecule has 2 aromatic rings. The zero-order valence-electron chi connectivity index (χ0n) is 12.3. The molecule has 6 nitrogen and oxygen atoms in total. The first-order valence-electron chi connectivity index (χ1n) is 6.91. The maximum absolute atomic E-state index is 12.0. The van der Waals surface area contributed by atoms with Crippen LogP contribution in [0.25, 0.3) is 5.65 Å². The van der Waals surface area contributed by atoms with Gasteiger partial charge in [-0.05, 0) is 26.1 Å². The van der Waals surface area contributed by atoms with E-state index < -0.39 is 0 Å². The zero-order valence-corrected chi connectivity index (χ0v) is 12.3. The van der Waals surface area contributed by atoms with Gasteiger partial charge in [-0.15, -0.1) is 0 Å². The number of aromatic nitrogens is 2. The molecule has 0 aliphatic heterocycles. The summed E-state index contributed by atoms with van der Waals surface area (Å²) >= 11 is 0. The molecule has 0 radical (unpaired) electrons. The van der Waals surface area contributed by atoms with Gasteiger partial charge in [-0.3, -0.25) is 18.9 Å². The van der Waals surface area contributed by atoms with Crippen LogP contribution >= 0.6 is 0 Å². The van der Waals surface area contributed by atoms with Gasteiger partial charge in [0, 0.05) is 25.4 Å². The highest BCUT2D eigenvalue weighted by molar-refractivity contribution is 5.69. The monoisotopic (exact) mass is 289 g/mol. The Labute approximate surface area is 123 Å². The lowest BCUT2D eigenvalue weighted by Gasteiger charge is -2.15. The van der Waals surface area contributed by atoms with E-state index in [1.54, 1.807) is 25.3 Å². The third kappa shape index (κ3) is 4.13. The van der Waals surface area contributed by atoms with E-state index in [2.05, 4.69) is 4.98 Å². The number of fused-ring (bicyclic) bond motifs is 1. The van der Waals surface area contributed by atoms with Crippen LogP contribution in [0.1, 0.15) is 19.0 Å². The predicted octanol–water partition coefficient (Wildman–Crippen LogP) is 1.08. The summed E-state index contributed by atoms with van der Waals surface area (Å²) in [6.07, 6.45) is 2.02. The van der Waals surface area contributed by atoms with Gasteiger partial charge in [0.1, 0.15) is 5.65 Å². The van der Waals surface area contributed by atoms with Gasteiger partial charge in [-0.1, -0.05) is 6.07 Å². The van der Waals surface area contributed by atoms with Crippen molar-refractivity contribution in [2.75, 3.05) is 20.2 Å². The second-order valence-electron chi connectivity index (χ2n) is 4.81. The summed E-state index contributed by atoms with van der Waals surface area (Å²) in [5.41, 5.74) is 1.21. The summed E-state index contributed by atoms with van der Waals surface area (Å²) in [7, 11) is 1.88. The van der Waals surface area contributed by atoms with Crippen LogP contribution in [0, 0.1) is 0 Å². The highest BCUT2D eigenvalue weighted by Gasteiger charge is 2.08. The zero-order chi connectivity index (χ0) is 15.2. The van der Waals surface area contributed by atoms with Gasteiger partial charge in [0.15, 0.2) is 0 Å². The highest BCUT2D eigenvalue weighted by atomic mass is 16.5. The number of pyridine rings is 1. The van der Waals surface area contributed by atoms with E-state index in [9.17, 15) is 9.59 Å². The van der Waals surface area contributed by atoms with Crippen LogP contribution in [0.5, 0.6) is 0 Å². The van der Waals surface area contributed by atoms with Crippen LogP contribution in [0.15, 0.2) is 35.3 Å². The summed E-state index contributed by atoms with van der Waals surface area (Å²) < 4.78 is 6.39. The fourth-order valence-corrected chi connectivity index (χ4v) is 2.05. The van der Waals surface area contributed by atoms with E-state index in [1.807, 2.05) is 18.0 Å². The Morgan fingerprint density at radius 2 is 2.24 bits per heavy atom. The Balaban J connectivity index is 2.02. The van der Waals surface area contributed by atoms with Gasteiger partial charge in [-0.2, -0.15) is 0 Å². The van der Waals surface area contributed by atoms with E-state index in [-0.39, 0.29) is 11.5 Å². The standard InChI is InChI=1S/C15H19N3O3/c1-3-21-15(20)7-9-17(2)11-12-10-14(19)18-8-5-4-6-13(18)16-12/h4-6,8,10H,3,7,9,11H2,1-2H3. The smallest absolute Gasteiger partial charge is 0.307 e. The number of rotatable bonds is 6. The molecule has 0 fully saturated rings. The van der Waals surface area contributed by atoms with Crippen molar-refractivity contribution >= 4 is 11.6 Å². The molecule has 0 bridgehead atoms. The molecule has 0 N–H and O–H groups in total. The molecule has 0 aliphatic rings. The lowest BCUT2D eigenvalue weighted by Crippen LogP contribution is -2.24. The number of carbonyl (C=O) groups is 1.